The zero-order valence-corrected chi connectivity index (χ0v) is 14.4. The van der Waals surface area contributed by atoms with Gasteiger partial charge in [0.1, 0.15) is 23.4 Å². The summed E-state index contributed by atoms with van der Waals surface area (Å²) in [6.07, 6.45) is -3.15. The van der Waals surface area contributed by atoms with Crippen LogP contribution < -0.4 is 15.2 Å². The SMILES string of the molecule is Nc1ccc2c(c1)N=C(N1CCC(Oc3ccc(OC(F)(F)F)cc3)C1)C2. The molecular formula is C19H18F3N3O2. The van der Waals surface area contributed by atoms with Crippen LogP contribution in [0, 0.1) is 0 Å². The monoisotopic (exact) mass is 377 g/mol. The lowest BCUT2D eigenvalue weighted by molar-refractivity contribution is -0.274. The first-order valence-electron chi connectivity index (χ1n) is 8.59. The van der Waals surface area contributed by atoms with E-state index in [2.05, 4.69) is 14.6 Å². The van der Waals surface area contributed by atoms with Gasteiger partial charge in [-0.1, -0.05) is 6.07 Å². The summed E-state index contributed by atoms with van der Waals surface area (Å²) < 4.78 is 46.4. The first-order valence-corrected chi connectivity index (χ1v) is 8.59. The summed E-state index contributed by atoms with van der Waals surface area (Å²) in [5.41, 5.74) is 8.57. The smallest absolute Gasteiger partial charge is 0.489 e. The zero-order valence-electron chi connectivity index (χ0n) is 14.4. The number of rotatable bonds is 3. The number of amidine groups is 1. The minimum absolute atomic E-state index is 0.0455. The van der Waals surface area contributed by atoms with Gasteiger partial charge in [0, 0.05) is 25.1 Å². The van der Waals surface area contributed by atoms with Crippen molar-refractivity contribution in [1.82, 2.24) is 4.90 Å². The first-order chi connectivity index (χ1) is 12.9. The number of anilines is 1. The lowest BCUT2D eigenvalue weighted by atomic mass is 10.1. The molecule has 2 aliphatic rings. The number of hydrogen-bond acceptors (Lipinski definition) is 5. The van der Waals surface area contributed by atoms with E-state index in [4.69, 9.17) is 10.5 Å². The van der Waals surface area contributed by atoms with Crippen LogP contribution in [0.15, 0.2) is 47.5 Å². The van der Waals surface area contributed by atoms with E-state index in [9.17, 15) is 13.2 Å². The predicted molar refractivity (Wildman–Crippen MR) is 95.4 cm³/mol. The molecule has 8 heteroatoms. The van der Waals surface area contributed by atoms with E-state index < -0.39 is 6.36 Å². The number of nitrogens with zero attached hydrogens (tertiary/aromatic N) is 2. The Labute approximate surface area is 154 Å². The Kier molecular flexibility index (Phi) is 4.33. The molecule has 1 unspecified atom stereocenters. The topological polar surface area (TPSA) is 60.1 Å². The molecule has 2 aromatic carbocycles. The first kappa shape index (κ1) is 17.5. The average molecular weight is 377 g/mol. The number of nitrogen functional groups attached to an aromatic ring is 1. The van der Waals surface area contributed by atoms with Gasteiger partial charge in [0.05, 0.1) is 12.2 Å². The van der Waals surface area contributed by atoms with Gasteiger partial charge in [-0.3, -0.25) is 0 Å². The number of alkyl halides is 3. The summed E-state index contributed by atoms with van der Waals surface area (Å²) in [6, 6.07) is 11.2. The molecule has 0 amide bonds. The number of benzene rings is 2. The van der Waals surface area contributed by atoms with E-state index in [-0.39, 0.29) is 11.9 Å². The third-order valence-corrected chi connectivity index (χ3v) is 4.58. The van der Waals surface area contributed by atoms with Gasteiger partial charge in [0.25, 0.3) is 0 Å². The summed E-state index contributed by atoms with van der Waals surface area (Å²) in [5.74, 6) is 1.25. The van der Waals surface area contributed by atoms with E-state index in [1.807, 2.05) is 18.2 Å². The Morgan fingerprint density at radius 1 is 1.07 bits per heavy atom. The molecule has 4 rings (SSSR count). The largest absolute Gasteiger partial charge is 0.573 e. The molecule has 0 aromatic heterocycles. The van der Waals surface area contributed by atoms with Crippen molar-refractivity contribution in [2.24, 2.45) is 4.99 Å². The van der Waals surface area contributed by atoms with Crippen LogP contribution in [0.4, 0.5) is 24.5 Å². The molecule has 0 saturated carbocycles. The van der Waals surface area contributed by atoms with E-state index in [1.54, 1.807) is 0 Å². The third kappa shape index (κ3) is 4.10. The standard InChI is InChI=1S/C19H18F3N3O2/c20-19(21,22)27-15-5-3-14(4-6-15)26-16-7-8-25(11-16)18-9-12-1-2-13(23)10-17(12)24-18/h1-6,10,16H,7-9,11,23H2. The fourth-order valence-electron chi connectivity index (χ4n) is 3.34. The van der Waals surface area contributed by atoms with Crippen molar-refractivity contribution >= 4 is 17.2 Å². The lowest BCUT2D eigenvalue weighted by Crippen LogP contribution is -2.31. The summed E-state index contributed by atoms with van der Waals surface area (Å²) in [5, 5.41) is 0. The van der Waals surface area contributed by atoms with Crippen LogP contribution in [0.2, 0.25) is 0 Å². The van der Waals surface area contributed by atoms with E-state index in [0.717, 1.165) is 36.5 Å². The minimum Gasteiger partial charge on any atom is -0.489 e. The highest BCUT2D eigenvalue weighted by Gasteiger charge is 2.31. The van der Waals surface area contributed by atoms with Crippen molar-refractivity contribution in [3.63, 3.8) is 0 Å². The summed E-state index contributed by atoms with van der Waals surface area (Å²) in [7, 11) is 0. The van der Waals surface area contributed by atoms with Gasteiger partial charge in [-0.2, -0.15) is 0 Å². The van der Waals surface area contributed by atoms with Crippen LogP contribution in [0.5, 0.6) is 11.5 Å². The second kappa shape index (κ2) is 6.68. The maximum absolute atomic E-state index is 12.2. The van der Waals surface area contributed by atoms with Gasteiger partial charge >= 0.3 is 6.36 Å². The number of hydrogen-bond donors (Lipinski definition) is 1. The normalized spacial score (nSPS) is 19.0. The Morgan fingerprint density at radius 3 is 2.56 bits per heavy atom. The van der Waals surface area contributed by atoms with Crippen LogP contribution in [-0.2, 0) is 6.42 Å². The van der Waals surface area contributed by atoms with Crippen LogP contribution in [0.25, 0.3) is 0 Å². The number of halogens is 3. The molecule has 1 saturated heterocycles. The second-order valence-corrected chi connectivity index (χ2v) is 6.59. The molecule has 0 aliphatic carbocycles. The van der Waals surface area contributed by atoms with E-state index >= 15 is 0 Å². The van der Waals surface area contributed by atoms with Gasteiger partial charge in [0.15, 0.2) is 0 Å². The van der Waals surface area contributed by atoms with Crippen molar-refractivity contribution < 1.29 is 22.6 Å². The van der Waals surface area contributed by atoms with Crippen molar-refractivity contribution in [1.29, 1.82) is 0 Å². The van der Waals surface area contributed by atoms with Crippen molar-refractivity contribution in [3.8, 4) is 11.5 Å². The minimum atomic E-state index is -4.70. The van der Waals surface area contributed by atoms with Gasteiger partial charge in [-0.15, -0.1) is 13.2 Å². The van der Waals surface area contributed by atoms with Crippen LogP contribution in [0.1, 0.15) is 12.0 Å². The summed E-state index contributed by atoms with van der Waals surface area (Å²) in [6.45, 7) is 1.51. The lowest BCUT2D eigenvalue weighted by Gasteiger charge is -2.19. The Morgan fingerprint density at radius 2 is 1.81 bits per heavy atom. The van der Waals surface area contributed by atoms with Crippen molar-refractivity contribution in [2.45, 2.75) is 25.3 Å². The van der Waals surface area contributed by atoms with Gasteiger partial charge in [-0.05, 0) is 42.0 Å². The molecule has 2 aliphatic heterocycles. The molecule has 142 valence electrons. The average Bonchev–Trinajstić information content (AvgIpc) is 3.21. The highest BCUT2D eigenvalue weighted by Crippen LogP contribution is 2.31. The van der Waals surface area contributed by atoms with Crippen molar-refractivity contribution in [2.75, 3.05) is 18.8 Å². The predicted octanol–water partition coefficient (Wildman–Crippen LogP) is 3.91. The van der Waals surface area contributed by atoms with Crippen LogP contribution >= 0.6 is 0 Å². The van der Waals surface area contributed by atoms with E-state index in [1.165, 1.54) is 24.3 Å². The molecule has 0 spiro atoms. The highest BCUT2D eigenvalue weighted by molar-refractivity contribution is 5.93. The number of nitrogens with two attached hydrogens (primary N) is 1. The van der Waals surface area contributed by atoms with E-state index in [0.29, 0.717) is 18.0 Å². The number of fused-ring (bicyclic) bond motifs is 1. The van der Waals surface area contributed by atoms with Crippen LogP contribution in [0.3, 0.4) is 0 Å². The molecule has 0 bridgehead atoms. The Hall–Kier alpha value is -2.90. The van der Waals surface area contributed by atoms with Crippen molar-refractivity contribution in [3.05, 3.63) is 48.0 Å². The number of likely N-dealkylation sites (tertiary alicyclic amines) is 1. The Bertz CT molecular complexity index is 865. The molecular weight excluding hydrogens is 359 g/mol. The molecule has 1 atom stereocenters. The Balaban J connectivity index is 1.35. The second-order valence-electron chi connectivity index (χ2n) is 6.59. The molecule has 2 aromatic rings. The molecule has 2 heterocycles. The zero-order chi connectivity index (χ0) is 19.0. The molecule has 5 nitrogen and oxygen atoms in total. The van der Waals surface area contributed by atoms with Gasteiger partial charge in [0.2, 0.25) is 0 Å². The molecule has 0 radical (unpaired) electrons. The third-order valence-electron chi connectivity index (χ3n) is 4.58. The molecule has 2 N–H and O–H groups in total. The maximum atomic E-state index is 12.2. The van der Waals surface area contributed by atoms with Gasteiger partial charge in [-0.25, -0.2) is 4.99 Å². The van der Waals surface area contributed by atoms with Crippen LogP contribution in [-0.4, -0.2) is 36.3 Å². The quantitative estimate of drug-likeness (QED) is 0.824. The molecule has 27 heavy (non-hydrogen) atoms. The highest BCUT2D eigenvalue weighted by atomic mass is 19.4. The maximum Gasteiger partial charge on any atom is 0.573 e. The fourth-order valence-corrected chi connectivity index (χ4v) is 3.34. The summed E-state index contributed by atoms with van der Waals surface area (Å²) >= 11 is 0. The fraction of sp³-hybridized carbons (Fsp3) is 0.316. The number of ether oxygens (including phenoxy) is 2. The molecule has 1 fully saturated rings. The van der Waals surface area contributed by atoms with Gasteiger partial charge < -0.3 is 20.1 Å². The summed E-state index contributed by atoms with van der Waals surface area (Å²) in [4.78, 5) is 6.85. The number of aliphatic imine (C=N–C) groups is 1.